The molecule has 0 bridgehead atoms. The van der Waals surface area contributed by atoms with Gasteiger partial charge in [-0.05, 0) is 51.5 Å². The highest BCUT2D eigenvalue weighted by Crippen LogP contribution is 2.16. The molecule has 0 amide bonds. The van der Waals surface area contributed by atoms with Gasteiger partial charge in [-0.3, -0.25) is 0 Å². The third-order valence-electron chi connectivity index (χ3n) is 2.39. The fraction of sp³-hybridized carbons (Fsp3) is 0.385. The lowest BCUT2D eigenvalue weighted by Gasteiger charge is -2.25. The Morgan fingerprint density at radius 3 is 2.71 bits per heavy atom. The number of rotatable bonds is 1. The lowest BCUT2D eigenvalue weighted by Crippen LogP contribution is -2.35. The predicted molar refractivity (Wildman–Crippen MR) is 74.4 cm³/mol. The van der Waals surface area contributed by atoms with Gasteiger partial charge in [0, 0.05) is 17.1 Å². The van der Waals surface area contributed by atoms with Crippen molar-refractivity contribution in [2.75, 3.05) is 5.43 Å². The first-order valence-electron chi connectivity index (χ1n) is 5.64. The van der Waals surface area contributed by atoms with Gasteiger partial charge in [-0.25, -0.2) is 9.66 Å². The molecule has 1 N–H and O–H groups in total. The van der Waals surface area contributed by atoms with Crippen LogP contribution in [-0.4, -0.2) is 15.2 Å². The molecule has 0 radical (unpaired) electrons. The van der Waals surface area contributed by atoms with Gasteiger partial charge in [-0.2, -0.15) is 0 Å². The summed E-state index contributed by atoms with van der Waals surface area (Å²) in [4.78, 5) is 4.40. The molecule has 90 valence electrons. The number of hydrogen-bond acceptors (Lipinski definition) is 3. The smallest absolute Gasteiger partial charge is 0.159 e. The molecule has 0 atom stereocenters. The van der Waals surface area contributed by atoms with Crippen molar-refractivity contribution in [2.24, 2.45) is 0 Å². The molecule has 0 fully saturated rings. The van der Waals surface area contributed by atoms with E-state index in [0.717, 1.165) is 21.2 Å². The second-order valence-electron chi connectivity index (χ2n) is 5.25. The van der Waals surface area contributed by atoms with Gasteiger partial charge in [-0.15, -0.1) is 0 Å². The number of nitrogens with zero attached hydrogens (tertiary/aromatic N) is 2. The van der Waals surface area contributed by atoms with E-state index in [4.69, 9.17) is 12.2 Å². The van der Waals surface area contributed by atoms with Crippen LogP contribution in [0, 0.1) is 11.6 Å². The van der Waals surface area contributed by atoms with Crippen LogP contribution in [0.25, 0.3) is 11.0 Å². The number of aromatic nitrogens is 2. The number of aryl methyl sites for hydroxylation is 1. The molecule has 0 saturated heterocycles. The van der Waals surface area contributed by atoms with Gasteiger partial charge >= 0.3 is 0 Å². The van der Waals surface area contributed by atoms with Crippen LogP contribution in [0.3, 0.4) is 0 Å². The summed E-state index contributed by atoms with van der Waals surface area (Å²) in [5.41, 5.74) is 5.28. The van der Waals surface area contributed by atoms with Gasteiger partial charge in [0.15, 0.2) is 5.65 Å². The van der Waals surface area contributed by atoms with Crippen LogP contribution in [0.4, 0.5) is 0 Å². The van der Waals surface area contributed by atoms with E-state index in [0.29, 0.717) is 0 Å². The van der Waals surface area contributed by atoms with Crippen LogP contribution < -0.4 is 5.43 Å². The molecule has 0 spiro atoms. The zero-order chi connectivity index (χ0) is 12.6. The van der Waals surface area contributed by atoms with Gasteiger partial charge < -0.3 is 5.43 Å². The van der Waals surface area contributed by atoms with E-state index in [1.165, 1.54) is 0 Å². The summed E-state index contributed by atoms with van der Waals surface area (Å²) in [6.45, 7) is 8.33. The van der Waals surface area contributed by atoms with E-state index in [1.54, 1.807) is 6.20 Å². The Kier molecular flexibility index (Phi) is 2.91. The molecule has 0 unspecified atom stereocenters. The Morgan fingerprint density at radius 1 is 1.35 bits per heavy atom. The van der Waals surface area contributed by atoms with Gasteiger partial charge in [0.25, 0.3) is 0 Å². The quantitative estimate of drug-likeness (QED) is 0.783. The molecule has 2 heterocycles. The minimum atomic E-state index is -0.0591. The minimum absolute atomic E-state index is 0.0591. The Balaban J connectivity index is 2.75. The third kappa shape index (κ3) is 2.47. The van der Waals surface area contributed by atoms with Crippen molar-refractivity contribution in [3.63, 3.8) is 0 Å². The minimum Gasteiger partial charge on any atom is -0.318 e. The average Bonchev–Trinajstić information content (AvgIpc) is 2.23. The molecule has 3 nitrogen and oxygen atoms in total. The van der Waals surface area contributed by atoms with Crippen molar-refractivity contribution in [3.05, 3.63) is 34.6 Å². The number of pyridine rings is 2. The summed E-state index contributed by atoms with van der Waals surface area (Å²) < 4.78 is 2.69. The van der Waals surface area contributed by atoms with Gasteiger partial charge in [0.05, 0.1) is 0 Å². The average molecular weight is 247 g/mol. The molecular weight excluding hydrogens is 230 g/mol. The third-order valence-corrected chi connectivity index (χ3v) is 2.89. The maximum absolute atomic E-state index is 5.45. The predicted octanol–water partition coefficient (Wildman–Crippen LogP) is 3.42. The summed E-state index contributed by atoms with van der Waals surface area (Å²) in [6, 6.07) is 6.06. The van der Waals surface area contributed by atoms with E-state index in [-0.39, 0.29) is 5.54 Å². The van der Waals surface area contributed by atoms with Crippen LogP contribution in [0.5, 0.6) is 0 Å². The zero-order valence-corrected chi connectivity index (χ0v) is 11.4. The molecular formula is C13H17N3S. The molecule has 0 aromatic carbocycles. The first-order valence-corrected chi connectivity index (χ1v) is 6.05. The first-order chi connectivity index (χ1) is 7.88. The van der Waals surface area contributed by atoms with Crippen molar-refractivity contribution in [1.82, 2.24) is 9.66 Å². The summed E-state index contributed by atoms with van der Waals surface area (Å²) >= 11 is 5.45. The number of hydrogen-bond donors (Lipinski definition) is 1. The zero-order valence-electron chi connectivity index (χ0n) is 10.6. The van der Waals surface area contributed by atoms with E-state index < -0.39 is 0 Å². The van der Waals surface area contributed by atoms with Crippen LogP contribution in [0.1, 0.15) is 26.3 Å². The Hall–Kier alpha value is -1.42. The fourth-order valence-electron chi connectivity index (χ4n) is 1.72. The highest BCUT2D eigenvalue weighted by molar-refractivity contribution is 7.71. The van der Waals surface area contributed by atoms with E-state index >= 15 is 0 Å². The molecule has 4 heteroatoms. The highest BCUT2D eigenvalue weighted by Gasteiger charge is 2.12. The highest BCUT2D eigenvalue weighted by atomic mass is 32.1. The number of fused-ring (bicyclic) bond motifs is 1. The molecule has 2 aromatic rings. The van der Waals surface area contributed by atoms with Crippen molar-refractivity contribution in [2.45, 2.75) is 33.2 Å². The molecule has 0 saturated carbocycles. The Morgan fingerprint density at radius 2 is 2.06 bits per heavy atom. The van der Waals surface area contributed by atoms with Crippen LogP contribution in [0.2, 0.25) is 0 Å². The lowest BCUT2D eigenvalue weighted by molar-refractivity contribution is 0.556. The first kappa shape index (κ1) is 12.0. The SMILES string of the molecule is Cc1cc2cccnc2n(NC(C)(C)C)c1=S. The van der Waals surface area contributed by atoms with Gasteiger partial charge in [-0.1, -0.05) is 12.2 Å². The van der Waals surface area contributed by atoms with E-state index in [9.17, 15) is 0 Å². The summed E-state index contributed by atoms with van der Waals surface area (Å²) in [5.74, 6) is 0. The van der Waals surface area contributed by atoms with Crippen molar-refractivity contribution in [1.29, 1.82) is 0 Å². The van der Waals surface area contributed by atoms with Crippen LogP contribution in [0.15, 0.2) is 24.4 Å². The molecule has 2 aromatic heterocycles. The molecule has 0 aliphatic heterocycles. The van der Waals surface area contributed by atoms with Crippen molar-refractivity contribution >= 4 is 23.3 Å². The second-order valence-corrected chi connectivity index (χ2v) is 5.63. The molecule has 2 rings (SSSR count). The van der Waals surface area contributed by atoms with Gasteiger partial charge in [0.2, 0.25) is 0 Å². The van der Waals surface area contributed by atoms with E-state index in [1.807, 2.05) is 23.7 Å². The standard InChI is InChI=1S/C13H17N3S/c1-9-8-10-6-5-7-14-11(10)16(12(9)17)15-13(2,3)4/h5-8,15H,1-4H3. The van der Waals surface area contributed by atoms with Crippen LogP contribution in [-0.2, 0) is 0 Å². The summed E-state index contributed by atoms with van der Waals surface area (Å²) in [6.07, 6.45) is 1.78. The topological polar surface area (TPSA) is 29.9 Å². The van der Waals surface area contributed by atoms with Gasteiger partial charge in [0.1, 0.15) is 4.64 Å². The monoisotopic (exact) mass is 247 g/mol. The van der Waals surface area contributed by atoms with E-state index in [2.05, 4.69) is 37.2 Å². The normalized spacial score (nSPS) is 11.8. The molecule has 0 aliphatic rings. The second kappa shape index (κ2) is 4.11. The number of nitrogens with one attached hydrogen (secondary N) is 1. The summed E-state index contributed by atoms with van der Waals surface area (Å²) in [7, 11) is 0. The summed E-state index contributed by atoms with van der Waals surface area (Å²) in [5, 5.41) is 1.09. The molecule has 0 aliphatic carbocycles. The van der Waals surface area contributed by atoms with Crippen molar-refractivity contribution in [3.8, 4) is 0 Å². The maximum Gasteiger partial charge on any atom is 0.159 e. The Labute approximate surface area is 106 Å². The van der Waals surface area contributed by atoms with Crippen molar-refractivity contribution < 1.29 is 0 Å². The molecule has 17 heavy (non-hydrogen) atoms. The maximum atomic E-state index is 5.45. The lowest BCUT2D eigenvalue weighted by atomic mass is 10.1. The Bertz CT molecular complexity index is 608. The largest absolute Gasteiger partial charge is 0.318 e. The van der Waals surface area contributed by atoms with Crippen LogP contribution >= 0.6 is 12.2 Å². The fourth-order valence-corrected chi connectivity index (χ4v) is 1.91.